The van der Waals surface area contributed by atoms with Gasteiger partial charge in [-0.2, -0.15) is 0 Å². The Balaban J connectivity index is 2.16. The maximum absolute atomic E-state index is 14.0. The van der Waals surface area contributed by atoms with Crippen molar-refractivity contribution in [2.45, 2.75) is 47.0 Å². The third-order valence-corrected chi connectivity index (χ3v) is 6.54. The number of hydrogen-bond donors (Lipinski definition) is 0. The van der Waals surface area contributed by atoms with Gasteiger partial charge in [0.1, 0.15) is 11.5 Å². The molecule has 0 radical (unpaired) electrons. The lowest BCUT2D eigenvalue weighted by Crippen LogP contribution is -2.50. The Hall–Kier alpha value is -2.49. The van der Waals surface area contributed by atoms with Gasteiger partial charge in [0.05, 0.1) is 19.6 Å². The fraction of sp³-hybridized carbons (Fsp3) is 0.519. The van der Waals surface area contributed by atoms with Crippen LogP contribution in [0.1, 0.15) is 56.7 Å². The normalized spacial score (nSPS) is 20.3. The monoisotopic (exact) mass is 423 g/mol. The van der Waals surface area contributed by atoms with Crippen molar-refractivity contribution in [3.8, 4) is 11.5 Å². The fourth-order valence-electron chi connectivity index (χ4n) is 5.30. The molecule has 1 aliphatic heterocycles. The first kappa shape index (κ1) is 23.2. The summed E-state index contributed by atoms with van der Waals surface area (Å²) in [5.74, 6) is 2.52. The standard InChI is InChI=1S/C27H37NO3/c1-18-14-22(30-6)24(23(15-18)31-7)25(21-11-9-8-10-12-21)27(4,5)26(29)28-16-19(2)13-20(3)17-28/h8-12,14-15,19-20,25H,13,16-17H2,1-7H3. The topological polar surface area (TPSA) is 38.8 Å². The van der Waals surface area contributed by atoms with E-state index in [-0.39, 0.29) is 11.8 Å². The van der Waals surface area contributed by atoms with E-state index in [1.54, 1.807) is 14.2 Å². The molecule has 1 saturated heterocycles. The summed E-state index contributed by atoms with van der Waals surface area (Å²) in [5.41, 5.74) is 2.39. The first-order chi connectivity index (χ1) is 14.7. The van der Waals surface area contributed by atoms with Crippen molar-refractivity contribution in [2.24, 2.45) is 17.3 Å². The summed E-state index contributed by atoms with van der Waals surface area (Å²) in [6.45, 7) is 12.3. The van der Waals surface area contributed by atoms with Gasteiger partial charge in [0.25, 0.3) is 0 Å². The zero-order valence-corrected chi connectivity index (χ0v) is 20.1. The predicted molar refractivity (Wildman–Crippen MR) is 126 cm³/mol. The quantitative estimate of drug-likeness (QED) is 0.600. The van der Waals surface area contributed by atoms with E-state index < -0.39 is 5.41 Å². The molecule has 168 valence electrons. The Bertz CT molecular complexity index is 871. The molecular weight excluding hydrogens is 386 g/mol. The second-order valence-electron chi connectivity index (χ2n) is 9.80. The molecule has 1 amide bonds. The van der Waals surface area contributed by atoms with Crippen molar-refractivity contribution >= 4 is 5.91 Å². The average Bonchev–Trinajstić information content (AvgIpc) is 2.73. The molecule has 2 aromatic carbocycles. The van der Waals surface area contributed by atoms with Crippen molar-refractivity contribution in [2.75, 3.05) is 27.3 Å². The molecule has 4 heteroatoms. The molecule has 1 heterocycles. The summed E-state index contributed by atoms with van der Waals surface area (Å²) in [6.07, 6.45) is 1.17. The van der Waals surface area contributed by atoms with Crippen LogP contribution in [0.25, 0.3) is 0 Å². The van der Waals surface area contributed by atoms with Gasteiger partial charge in [0.15, 0.2) is 0 Å². The lowest BCUT2D eigenvalue weighted by atomic mass is 9.69. The van der Waals surface area contributed by atoms with E-state index in [0.717, 1.165) is 41.3 Å². The van der Waals surface area contributed by atoms with Gasteiger partial charge in [-0.25, -0.2) is 0 Å². The fourth-order valence-corrected chi connectivity index (χ4v) is 5.30. The van der Waals surface area contributed by atoms with E-state index >= 15 is 0 Å². The molecular formula is C27H37NO3. The summed E-state index contributed by atoms with van der Waals surface area (Å²) in [6, 6.07) is 14.3. The molecule has 4 nitrogen and oxygen atoms in total. The minimum Gasteiger partial charge on any atom is -0.496 e. The van der Waals surface area contributed by atoms with Gasteiger partial charge >= 0.3 is 0 Å². The third kappa shape index (κ3) is 4.73. The lowest BCUT2D eigenvalue weighted by Gasteiger charge is -2.43. The summed E-state index contributed by atoms with van der Waals surface area (Å²) in [4.78, 5) is 16.1. The first-order valence-electron chi connectivity index (χ1n) is 11.3. The number of carbonyl (C=O) groups is 1. The Morgan fingerprint density at radius 2 is 1.52 bits per heavy atom. The van der Waals surface area contributed by atoms with Crippen LogP contribution in [0.3, 0.4) is 0 Å². The van der Waals surface area contributed by atoms with E-state index in [0.29, 0.717) is 11.8 Å². The number of piperidine rings is 1. The van der Waals surface area contributed by atoms with Crippen LogP contribution < -0.4 is 9.47 Å². The Morgan fingerprint density at radius 1 is 1.00 bits per heavy atom. The molecule has 0 aliphatic carbocycles. The summed E-state index contributed by atoms with van der Waals surface area (Å²) < 4.78 is 11.6. The van der Waals surface area contributed by atoms with Crippen molar-refractivity contribution in [1.29, 1.82) is 0 Å². The second kappa shape index (κ2) is 9.33. The highest BCUT2D eigenvalue weighted by Gasteiger charge is 2.44. The Kier molecular flexibility index (Phi) is 6.98. The van der Waals surface area contributed by atoms with Crippen LogP contribution in [0.2, 0.25) is 0 Å². The first-order valence-corrected chi connectivity index (χ1v) is 11.3. The maximum atomic E-state index is 14.0. The molecule has 2 aromatic rings. The molecule has 0 saturated carbocycles. The smallest absolute Gasteiger partial charge is 0.229 e. The second-order valence-corrected chi connectivity index (χ2v) is 9.80. The molecule has 3 unspecified atom stereocenters. The molecule has 0 N–H and O–H groups in total. The van der Waals surface area contributed by atoms with Gasteiger partial charge < -0.3 is 14.4 Å². The number of ether oxygens (including phenoxy) is 2. The average molecular weight is 424 g/mol. The number of nitrogens with zero attached hydrogens (tertiary/aromatic N) is 1. The van der Waals surface area contributed by atoms with E-state index in [2.05, 4.69) is 44.7 Å². The van der Waals surface area contributed by atoms with Crippen molar-refractivity contribution < 1.29 is 14.3 Å². The zero-order chi connectivity index (χ0) is 22.8. The van der Waals surface area contributed by atoms with Gasteiger partial charge in [-0.3, -0.25) is 4.79 Å². The van der Waals surface area contributed by atoms with E-state index in [1.807, 2.05) is 37.3 Å². The number of benzene rings is 2. The molecule has 3 rings (SSSR count). The minimum absolute atomic E-state index is 0.185. The molecule has 1 aliphatic rings. The van der Waals surface area contributed by atoms with E-state index in [4.69, 9.17) is 9.47 Å². The highest BCUT2D eigenvalue weighted by atomic mass is 16.5. The number of carbonyl (C=O) groups excluding carboxylic acids is 1. The molecule has 0 aromatic heterocycles. The van der Waals surface area contributed by atoms with E-state index in [1.165, 1.54) is 6.42 Å². The van der Waals surface area contributed by atoms with Crippen LogP contribution in [0.15, 0.2) is 42.5 Å². The molecule has 31 heavy (non-hydrogen) atoms. The molecule has 1 fully saturated rings. The predicted octanol–water partition coefficient (Wildman–Crippen LogP) is 5.67. The largest absolute Gasteiger partial charge is 0.496 e. The Morgan fingerprint density at radius 3 is 2.00 bits per heavy atom. The number of methoxy groups -OCH3 is 2. The van der Waals surface area contributed by atoms with Gasteiger partial charge in [0, 0.05) is 24.6 Å². The van der Waals surface area contributed by atoms with Crippen LogP contribution in [0.4, 0.5) is 0 Å². The summed E-state index contributed by atoms with van der Waals surface area (Å²) in [7, 11) is 3.37. The van der Waals surface area contributed by atoms with Crippen molar-refractivity contribution in [3.05, 3.63) is 59.2 Å². The molecule has 0 bridgehead atoms. The number of likely N-dealkylation sites (tertiary alicyclic amines) is 1. The molecule has 0 spiro atoms. The van der Waals surface area contributed by atoms with Crippen LogP contribution in [-0.2, 0) is 4.79 Å². The lowest BCUT2D eigenvalue weighted by molar-refractivity contribution is -0.144. The van der Waals surface area contributed by atoms with E-state index in [9.17, 15) is 4.79 Å². The highest BCUT2D eigenvalue weighted by Crippen LogP contribution is 2.49. The number of hydrogen-bond acceptors (Lipinski definition) is 3. The van der Waals surface area contributed by atoms with Gasteiger partial charge in [-0.15, -0.1) is 0 Å². The van der Waals surface area contributed by atoms with Crippen molar-refractivity contribution in [3.63, 3.8) is 0 Å². The van der Waals surface area contributed by atoms with Gasteiger partial charge in [-0.1, -0.05) is 58.0 Å². The summed E-state index contributed by atoms with van der Waals surface area (Å²) in [5, 5.41) is 0. The summed E-state index contributed by atoms with van der Waals surface area (Å²) >= 11 is 0. The zero-order valence-electron chi connectivity index (χ0n) is 20.1. The van der Waals surface area contributed by atoms with Crippen LogP contribution in [0, 0.1) is 24.2 Å². The minimum atomic E-state index is -0.687. The Labute approximate surface area is 187 Å². The number of rotatable bonds is 6. The number of aryl methyl sites for hydroxylation is 1. The van der Waals surface area contributed by atoms with Crippen molar-refractivity contribution in [1.82, 2.24) is 4.90 Å². The van der Waals surface area contributed by atoms with Crippen LogP contribution in [-0.4, -0.2) is 38.1 Å². The highest BCUT2D eigenvalue weighted by molar-refractivity contribution is 5.84. The third-order valence-electron chi connectivity index (χ3n) is 6.54. The SMILES string of the molecule is COc1cc(C)cc(OC)c1C(c1ccccc1)C(C)(C)C(=O)N1CC(C)CC(C)C1. The van der Waals surface area contributed by atoms with Gasteiger partial charge in [-0.05, 0) is 48.4 Å². The van der Waals surface area contributed by atoms with Crippen LogP contribution in [0.5, 0.6) is 11.5 Å². The van der Waals surface area contributed by atoms with Gasteiger partial charge in [0.2, 0.25) is 5.91 Å². The molecule has 3 atom stereocenters. The number of amides is 1. The maximum Gasteiger partial charge on any atom is 0.229 e. The van der Waals surface area contributed by atoms with Crippen LogP contribution >= 0.6 is 0 Å².